The molecule has 0 N–H and O–H groups in total. The molecule has 1 rings (SSSR count). The van der Waals surface area contributed by atoms with Crippen LogP contribution in [0.1, 0.15) is 33.4 Å². The first-order valence-electron chi connectivity index (χ1n) is 6.97. The lowest BCUT2D eigenvalue weighted by molar-refractivity contribution is 0.967. The van der Waals surface area contributed by atoms with Crippen LogP contribution in [0.2, 0.25) is 0 Å². The second-order valence-corrected chi connectivity index (χ2v) is 4.82. The molecule has 0 unspecified atom stereocenters. The van der Waals surface area contributed by atoms with Gasteiger partial charge in [0, 0.05) is 11.1 Å². The summed E-state index contributed by atoms with van der Waals surface area (Å²) < 4.78 is 0. The lowest BCUT2D eigenvalue weighted by Gasteiger charge is -2.18. The van der Waals surface area contributed by atoms with Crippen LogP contribution in [-0.2, 0) is 38.9 Å². The van der Waals surface area contributed by atoms with Crippen molar-refractivity contribution in [3.63, 3.8) is 0 Å². The summed E-state index contributed by atoms with van der Waals surface area (Å²) in [7, 11) is 0. The summed E-state index contributed by atoms with van der Waals surface area (Å²) in [5.41, 5.74) is 3.38. The van der Waals surface area contributed by atoms with Crippen molar-refractivity contribution in [1.82, 2.24) is 0 Å². The van der Waals surface area contributed by atoms with Crippen LogP contribution in [0.5, 0.6) is 0 Å². The fourth-order valence-corrected chi connectivity index (χ4v) is 2.78. The van der Waals surface area contributed by atoms with Gasteiger partial charge in [-0.15, -0.1) is 0 Å². The minimum absolute atomic E-state index is 0.00231. The van der Waals surface area contributed by atoms with Crippen molar-refractivity contribution in [2.75, 3.05) is 0 Å². The van der Waals surface area contributed by atoms with E-state index in [-0.39, 0.29) is 38.9 Å². The normalized spacial score (nSPS) is 8.75. The first-order chi connectivity index (χ1) is 11.7. The quantitative estimate of drug-likeness (QED) is 0.756. The van der Waals surface area contributed by atoms with Crippen LogP contribution in [0.4, 0.5) is 0 Å². The molecule has 0 aliphatic carbocycles. The van der Waals surface area contributed by atoms with Gasteiger partial charge >= 0.3 is 0 Å². The Bertz CT molecular complexity index is 671. The third-order valence-electron chi connectivity index (χ3n) is 3.66. The van der Waals surface area contributed by atoms with Crippen LogP contribution in [0.3, 0.4) is 0 Å². The molecule has 6 heteroatoms. The second-order valence-electron chi connectivity index (χ2n) is 4.82. The van der Waals surface area contributed by atoms with E-state index in [9.17, 15) is 0 Å². The maximum atomic E-state index is 9.13. The summed E-state index contributed by atoms with van der Waals surface area (Å²) in [4.78, 5) is 10.1. The Morgan fingerprint density at radius 2 is 0.792 bits per heavy atom. The van der Waals surface area contributed by atoms with Crippen molar-refractivity contribution in [1.29, 1.82) is 15.8 Å². The molecule has 114 valence electrons. The molecular formula is C18H12N6. The monoisotopic (exact) mass is 312 g/mol. The predicted octanol–water partition coefficient (Wildman–Crippen LogP) is 3.14. The summed E-state index contributed by atoms with van der Waals surface area (Å²) in [6, 6.07) is 6.11. The molecule has 0 aromatic heterocycles. The SMILES string of the molecule is [C-]#[N+]Cc1c(CC#N)c(CC#N)c(CC#N)c(C[N+]#[C-])c1C[N+]#[C-]. The number of rotatable bonds is 6. The van der Waals surface area contributed by atoms with E-state index in [1.165, 1.54) is 0 Å². The van der Waals surface area contributed by atoms with E-state index in [4.69, 9.17) is 35.5 Å². The molecular weight excluding hydrogens is 300 g/mol. The summed E-state index contributed by atoms with van der Waals surface area (Å²) >= 11 is 0. The highest BCUT2D eigenvalue weighted by Gasteiger charge is 2.27. The van der Waals surface area contributed by atoms with E-state index in [1.54, 1.807) is 0 Å². The Morgan fingerprint density at radius 3 is 1.04 bits per heavy atom. The fraction of sp³-hybridized carbons (Fsp3) is 0.333. The van der Waals surface area contributed by atoms with Gasteiger partial charge in [0.05, 0.1) is 43.0 Å². The third kappa shape index (κ3) is 3.67. The summed E-state index contributed by atoms with van der Waals surface area (Å²) in [6.07, 6.45) is 0.00944. The summed E-state index contributed by atoms with van der Waals surface area (Å²) in [5.74, 6) is 0. The molecule has 0 saturated heterocycles. The fourth-order valence-electron chi connectivity index (χ4n) is 2.78. The Balaban J connectivity index is 4.01. The minimum atomic E-state index is -0.0157. The molecule has 0 aliphatic heterocycles. The number of hydrogen-bond acceptors (Lipinski definition) is 3. The lowest BCUT2D eigenvalue weighted by atomic mass is 9.83. The van der Waals surface area contributed by atoms with Gasteiger partial charge in [-0.2, -0.15) is 15.8 Å². The van der Waals surface area contributed by atoms with Crippen molar-refractivity contribution in [3.05, 3.63) is 67.6 Å². The van der Waals surface area contributed by atoms with Gasteiger partial charge in [-0.3, -0.25) is 0 Å². The van der Waals surface area contributed by atoms with Crippen molar-refractivity contribution < 1.29 is 0 Å². The van der Waals surface area contributed by atoms with Gasteiger partial charge in [-0.1, -0.05) is 0 Å². The Kier molecular flexibility index (Phi) is 7.01. The standard InChI is InChI=1S/C18H12N6/c1-22-10-16-14(5-8-20)13(4-7-19)15(6-9-21)17(11-23-2)18(16)12-24-3/h4-6,10-12H2. The zero-order valence-corrected chi connectivity index (χ0v) is 12.9. The number of benzene rings is 1. The van der Waals surface area contributed by atoms with Crippen LogP contribution in [-0.4, -0.2) is 0 Å². The van der Waals surface area contributed by atoms with Crippen LogP contribution >= 0.6 is 0 Å². The molecule has 0 radical (unpaired) electrons. The number of nitriles is 3. The van der Waals surface area contributed by atoms with Crippen molar-refractivity contribution in [2.45, 2.75) is 38.9 Å². The predicted molar refractivity (Wildman–Crippen MR) is 85.3 cm³/mol. The van der Waals surface area contributed by atoms with Gasteiger partial charge in [0.25, 0.3) is 0 Å². The van der Waals surface area contributed by atoms with Gasteiger partial charge in [-0.05, 0) is 16.7 Å². The molecule has 1 aromatic rings. The molecule has 0 spiro atoms. The van der Waals surface area contributed by atoms with Gasteiger partial charge in [0.15, 0.2) is 0 Å². The number of hydrogen-bond donors (Lipinski definition) is 0. The first kappa shape index (κ1) is 18.2. The molecule has 0 aliphatic rings. The maximum Gasteiger partial charge on any atom is 0.240 e. The van der Waals surface area contributed by atoms with E-state index in [0.717, 1.165) is 0 Å². The molecule has 24 heavy (non-hydrogen) atoms. The van der Waals surface area contributed by atoms with Crippen molar-refractivity contribution in [3.8, 4) is 18.2 Å². The largest absolute Gasteiger partial charge is 0.312 e. The molecule has 0 fully saturated rings. The highest BCUT2D eigenvalue weighted by molar-refractivity contribution is 5.55. The Hall–Kier alpha value is -3.84. The highest BCUT2D eigenvalue weighted by atomic mass is 14.7. The average Bonchev–Trinajstić information content (AvgIpc) is 2.57. The molecule has 0 saturated carbocycles. The van der Waals surface area contributed by atoms with E-state index >= 15 is 0 Å². The molecule has 0 bridgehead atoms. The van der Waals surface area contributed by atoms with Crippen molar-refractivity contribution >= 4 is 0 Å². The smallest absolute Gasteiger partial charge is 0.240 e. The second kappa shape index (κ2) is 9.23. The lowest BCUT2D eigenvalue weighted by Crippen LogP contribution is -2.12. The molecule has 0 atom stereocenters. The molecule has 1 aromatic carbocycles. The Labute approximate surface area is 141 Å². The molecule has 6 nitrogen and oxygen atoms in total. The molecule has 0 amide bonds. The summed E-state index contributed by atoms with van der Waals surface area (Å²) in [5, 5.41) is 27.4. The minimum Gasteiger partial charge on any atom is -0.312 e. The topological polar surface area (TPSA) is 84.4 Å². The summed E-state index contributed by atoms with van der Waals surface area (Å²) in [6.45, 7) is 21.4. The highest BCUT2D eigenvalue weighted by Crippen LogP contribution is 2.32. The zero-order valence-electron chi connectivity index (χ0n) is 12.9. The van der Waals surface area contributed by atoms with Crippen LogP contribution in [0.25, 0.3) is 14.5 Å². The Morgan fingerprint density at radius 1 is 0.542 bits per heavy atom. The van der Waals surface area contributed by atoms with Gasteiger partial charge < -0.3 is 14.5 Å². The van der Waals surface area contributed by atoms with E-state index in [1.807, 2.05) is 18.2 Å². The third-order valence-corrected chi connectivity index (χ3v) is 3.66. The van der Waals surface area contributed by atoms with Crippen LogP contribution < -0.4 is 0 Å². The van der Waals surface area contributed by atoms with E-state index < -0.39 is 0 Å². The van der Waals surface area contributed by atoms with Gasteiger partial charge in [-0.25, -0.2) is 19.7 Å². The zero-order chi connectivity index (χ0) is 17.9. The van der Waals surface area contributed by atoms with Gasteiger partial charge in [0.2, 0.25) is 19.6 Å². The maximum absolute atomic E-state index is 9.13. The van der Waals surface area contributed by atoms with Crippen molar-refractivity contribution in [2.24, 2.45) is 0 Å². The average molecular weight is 312 g/mol. The van der Waals surface area contributed by atoms with E-state index in [2.05, 4.69) is 14.5 Å². The van der Waals surface area contributed by atoms with Gasteiger partial charge in [0.1, 0.15) is 0 Å². The number of nitrogens with zero attached hydrogens (tertiary/aromatic N) is 6. The first-order valence-corrected chi connectivity index (χ1v) is 6.97. The van der Waals surface area contributed by atoms with Crippen LogP contribution in [0, 0.1) is 53.7 Å². The van der Waals surface area contributed by atoms with E-state index in [0.29, 0.717) is 33.4 Å². The molecule has 0 heterocycles. The van der Waals surface area contributed by atoms with Crippen LogP contribution in [0.15, 0.2) is 0 Å².